The van der Waals surface area contributed by atoms with E-state index in [0.29, 0.717) is 12.1 Å². The Bertz CT molecular complexity index is 590. The van der Waals surface area contributed by atoms with Crippen molar-refractivity contribution in [3.63, 3.8) is 0 Å². The summed E-state index contributed by atoms with van der Waals surface area (Å²) in [6.45, 7) is 9.15. The number of hydrogen-bond donors (Lipinski definition) is 2. The van der Waals surface area contributed by atoms with Crippen LogP contribution in [0.1, 0.15) is 50.7 Å². The van der Waals surface area contributed by atoms with E-state index in [-0.39, 0.29) is 0 Å². The smallest absolute Gasteiger partial charge is 0.191 e. The maximum absolute atomic E-state index is 8.98. The van der Waals surface area contributed by atoms with Gasteiger partial charge >= 0.3 is 0 Å². The lowest BCUT2D eigenvalue weighted by Gasteiger charge is -2.33. The molecule has 0 aliphatic carbocycles. The molecule has 0 bridgehead atoms. The van der Waals surface area contributed by atoms with Crippen molar-refractivity contribution >= 4 is 5.96 Å². The molecule has 5 heteroatoms. The third-order valence-electron chi connectivity index (χ3n) is 4.68. The van der Waals surface area contributed by atoms with Crippen molar-refractivity contribution in [3.8, 4) is 6.07 Å². The Morgan fingerprint density at radius 1 is 1.36 bits per heavy atom. The van der Waals surface area contributed by atoms with Gasteiger partial charge in [0.2, 0.25) is 0 Å². The van der Waals surface area contributed by atoms with Crippen LogP contribution in [0.3, 0.4) is 0 Å². The van der Waals surface area contributed by atoms with Crippen molar-refractivity contribution in [1.29, 1.82) is 5.26 Å². The third-order valence-corrected chi connectivity index (χ3v) is 4.68. The van der Waals surface area contributed by atoms with E-state index in [9.17, 15) is 0 Å². The molecule has 5 nitrogen and oxygen atoms in total. The quantitative estimate of drug-likeness (QED) is 0.455. The van der Waals surface area contributed by atoms with E-state index < -0.39 is 0 Å². The number of nitriles is 1. The predicted octanol–water partition coefficient (Wildman–Crippen LogP) is 2.88. The predicted molar refractivity (Wildman–Crippen MR) is 103 cm³/mol. The fourth-order valence-electron chi connectivity index (χ4n) is 3.23. The van der Waals surface area contributed by atoms with Gasteiger partial charge in [0.1, 0.15) is 0 Å². The molecule has 1 aliphatic heterocycles. The molecule has 1 fully saturated rings. The zero-order chi connectivity index (χ0) is 17.9. The van der Waals surface area contributed by atoms with Crippen LogP contribution in [-0.4, -0.2) is 43.1 Å². The first-order valence-electron chi connectivity index (χ1n) is 9.48. The topological polar surface area (TPSA) is 63.5 Å². The lowest BCUT2D eigenvalue weighted by molar-refractivity contribution is 0.159. The molecule has 0 radical (unpaired) electrons. The number of aliphatic imine (C=N–C) groups is 1. The van der Waals surface area contributed by atoms with Crippen LogP contribution in [-0.2, 0) is 6.54 Å². The highest BCUT2D eigenvalue weighted by Gasteiger charge is 2.17. The van der Waals surface area contributed by atoms with Crippen molar-refractivity contribution in [2.24, 2.45) is 4.99 Å². The molecule has 0 aromatic heterocycles. The second-order valence-electron chi connectivity index (χ2n) is 6.67. The standard InChI is InChI=1S/C20H31N5/c1-3-22-20(24-16-19-10-6-9-18(14-19)15-21)23-11-7-13-25-12-5-4-8-17(25)2/h6,9-10,14,17H,3-5,7-8,11-13,16H2,1-2H3,(H2,22,23,24). The lowest BCUT2D eigenvalue weighted by atomic mass is 10.0. The van der Waals surface area contributed by atoms with E-state index in [0.717, 1.165) is 43.6 Å². The molecule has 1 aromatic carbocycles. The molecule has 25 heavy (non-hydrogen) atoms. The van der Waals surface area contributed by atoms with Crippen LogP contribution in [0, 0.1) is 11.3 Å². The van der Waals surface area contributed by atoms with Crippen LogP contribution >= 0.6 is 0 Å². The molecule has 1 atom stereocenters. The molecule has 2 N–H and O–H groups in total. The van der Waals surface area contributed by atoms with Crippen molar-refractivity contribution in [2.75, 3.05) is 26.2 Å². The minimum absolute atomic E-state index is 0.577. The molecule has 1 unspecified atom stereocenters. The zero-order valence-electron chi connectivity index (χ0n) is 15.6. The molecular weight excluding hydrogens is 310 g/mol. The normalized spacial score (nSPS) is 18.6. The van der Waals surface area contributed by atoms with Crippen LogP contribution < -0.4 is 10.6 Å². The number of guanidine groups is 1. The highest BCUT2D eigenvalue weighted by atomic mass is 15.2. The molecule has 0 saturated carbocycles. The largest absolute Gasteiger partial charge is 0.357 e. The van der Waals surface area contributed by atoms with Gasteiger partial charge in [-0.25, -0.2) is 4.99 Å². The van der Waals surface area contributed by atoms with Gasteiger partial charge in [0.05, 0.1) is 18.2 Å². The maximum Gasteiger partial charge on any atom is 0.191 e. The average Bonchev–Trinajstić information content (AvgIpc) is 2.64. The Kier molecular flexibility index (Phi) is 8.27. The molecular formula is C20H31N5. The molecule has 0 amide bonds. The Morgan fingerprint density at radius 3 is 3.00 bits per heavy atom. The van der Waals surface area contributed by atoms with Gasteiger partial charge < -0.3 is 15.5 Å². The van der Waals surface area contributed by atoms with Gasteiger partial charge in [-0.3, -0.25) is 0 Å². The molecule has 2 rings (SSSR count). The Labute approximate surface area is 152 Å². The van der Waals surface area contributed by atoms with Crippen molar-refractivity contribution in [1.82, 2.24) is 15.5 Å². The van der Waals surface area contributed by atoms with Crippen LogP contribution in [0.15, 0.2) is 29.3 Å². The average molecular weight is 342 g/mol. The van der Waals surface area contributed by atoms with Crippen molar-refractivity contribution in [2.45, 2.75) is 52.1 Å². The second-order valence-corrected chi connectivity index (χ2v) is 6.67. The first kappa shape index (κ1) is 19.3. The molecule has 136 valence electrons. The summed E-state index contributed by atoms with van der Waals surface area (Å²) in [5.41, 5.74) is 1.74. The van der Waals surface area contributed by atoms with Gasteiger partial charge in [-0.2, -0.15) is 5.26 Å². The van der Waals surface area contributed by atoms with E-state index in [4.69, 9.17) is 5.26 Å². The Morgan fingerprint density at radius 2 is 2.24 bits per heavy atom. The molecule has 1 aromatic rings. The van der Waals surface area contributed by atoms with Gasteiger partial charge in [0.15, 0.2) is 5.96 Å². The molecule has 0 spiro atoms. The summed E-state index contributed by atoms with van der Waals surface area (Å²) in [5, 5.41) is 15.7. The lowest BCUT2D eigenvalue weighted by Crippen LogP contribution is -2.41. The third kappa shape index (κ3) is 6.75. The van der Waals surface area contributed by atoms with E-state index in [1.165, 1.54) is 25.8 Å². The van der Waals surface area contributed by atoms with E-state index in [2.05, 4.69) is 40.4 Å². The first-order chi connectivity index (χ1) is 12.2. The molecule has 1 aliphatic rings. The highest BCUT2D eigenvalue weighted by Crippen LogP contribution is 2.16. The summed E-state index contributed by atoms with van der Waals surface area (Å²) in [5.74, 6) is 0.844. The number of benzene rings is 1. The van der Waals surface area contributed by atoms with Crippen LogP contribution in [0.2, 0.25) is 0 Å². The summed E-state index contributed by atoms with van der Waals surface area (Å²) in [7, 11) is 0. The number of likely N-dealkylation sites (tertiary alicyclic amines) is 1. The Balaban J connectivity index is 1.78. The summed E-state index contributed by atoms with van der Waals surface area (Å²) >= 11 is 0. The van der Waals surface area contributed by atoms with E-state index >= 15 is 0 Å². The van der Waals surface area contributed by atoms with Crippen LogP contribution in [0.4, 0.5) is 0 Å². The maximum atomic E-state index is 8.98. The first-order valence-corrected chi connectivity index (χ1v) is 9.48. The summed E-state index contributed by atoms with van der Waals surface area (Å²) in [6.07, 6.45) is 5.17. The van der Waals surface area contributed by atoms with E-state index in [1.807, 2.05) is 24.3 Å². The monoisotopic (exact) mass is 341 g/mol. The van der Waals surface area contributed by atoms with Crippen molar-refractivity contribution < 1.29 is 0 Å². The minimum Gasteiger partial charge on any atom is -0.357 e. The van der Waals surface area contributed by atoms with E-state index in [1.54, 1.807) is 0 Å². The SMILES string of the molecule is CCNC(=NCc1cccc(C#N)c1)NCCCN1CCCCC1C. The van der Waals surface area contributed by atoms with Crippen molar-refractivity contribution in [3.05, 3.63) is 35.4 Å². The number of nitrogens with zero attached hydrogens (tertiary/aromatic N) is 3. The van der Waals surface area contributed by atoms with Gasteiger partial charge in [-0.1, -0.05) is 18.6 Å². The fourth-order valence-corrected chi connectivity index (χ4v) is 3.23. The minimum atomic E-state index is 0.577. The number of hydrogen-bond acceptors (Lipinski definition) is 3. The number of piperidine rings is 1. The van der Waals surface area contributed by atoms with Gasteiger partial charge in [0.25, 0.3) is 0 Å². The molecule has 1 saturated heterocycles. The summed E-state index contributed by atoms with van der Waals surface area (Å²) < 4.78 is 0. The van der Waals surface area contributed by atoms with Gasteiger partial charge in [-0.05, 0) is 57.4 Å². The van der Waals surface area contributed by atoms with Gasteiger partial charge in [0, 0.05) is 25.7 Å². The molecule has 1 heterocycles. The Hall–Kier alpha value is -2.06. The highest BCUT2D eigenvalue weighted by molar-refractivity contribution is 5.79. The fraction of sp³-hybridized carbons (Fsp3) is 0.600. The summed E-state index contributed by atoms with van der Waals surface area (Å²) in [4.78, 5) is 7.23. The second kappa shape index (κ2) is 10.7. The zero-order valence-corrected chi connectivity index (χ0v) is 15.6. The summed E-state index contributed by atoms with van der Waals surface area (Å²) in [6, 6.07) is 10.5. The van der Waals surface area contributed by atoms with Crippen LogP contribution in [0.25, 0.3) is 0 Å². The number of rotatable bonds is 7. The van der Waals surface area contributed by atoms with Gasteiger partial charge in [-0.15, -0.1) is 0 Å². The number of nitrogens with one attached hydrogen (secondary N) is 2. The van der Waals surface area contributed by atoms with Crippen LogP contribution in [0.5, 0.6) is 0 Å².